The summed E-state index contributed by atoms with van der Waals surface area (Å²) in [6.07, 6.45) is 1.20. The Kier molecular flexibility index (Phi) is 5.95. The first-order valence-corrected chi connectivity index (χ1v) is 7.13. The molecule has 1 unspecified atom stereocenters. The van der Waals surface area contributed by atoms with Crippen molar-refractivity contribution in [1.82, 2.24) is 0 Å². The van der Waals surface area contributed by atoms with Crippen LogP contribution in [0.25, 0.3) is 0 Å². The number of rotatable bonds is 6. The second-order valence-corrected chi connectivity index (χ2v) is 5.86. The number of carbonyl (C=O) groups is 1. The second-order valence-electron chi connectivity index (χ2n) is 3.48. The Hall–Kier alpha value is -0.580. The standard InChI is InChI=1S/C11H12Cl2O3S/c12-8-4-5-9(13)10(7-8)17(16)6-2-1-3-11(14)15/h4-5,7H,1-3,6H2,(H,14,15). The van der Waals surface area contributed by atoms with E-state index in [2.05, 4.69) is 0 Å². The van der Waals surface area contributed by atoms with Gasteiger partial charge in [0.25, 0.3) is 0 Å². The van der Waals surface area contributed by atoms with E-state index in [9.17, 15) is 9.00 Å². The molecule has 0 bridgehead atoms. The average Bonchev–Trinajstić information content (AvgIpc) is 2.27. The predicted molar refractivity (Wildman–Crippen MR) is 69.2 cm³/mol. The van der Waals surface area contributed by atoms with E-state index in [1.165, 1.54) is 0 Å². The SMILES string of the molecule is O=C(O)CCCCS(=O)c1cc(Cl)ccc1Cl. The summed E-state index contributed by atoms with van der Waals surface area (Å²) in [6.45, 7) is 0. The van der Waals surface area contributed by atoms with Crippen molar-refractivity contribution in [2.45, 2.75) is 24.2 Å². The molecule has 0 heterocycles. The van der Waals surface area contributed by atoms with Gasteiger partial charge in [0, 0.05) is 17.2 Å². The highest BCUT2D eigenvalue weighted by Crippen LogP contribution is 2.24. The van der Waals surface area contributed by atoms with Gasteiger partial charge in [-0.05, 0) is 31.0 Å². The molecule has 1 aromatic carbocycles. The van der Waals surface area contributed by atoms with Gasteiger partial charge in [0.15, 0.2) is 0 Å². The van der Waals surface area contributed by atoms with Crippen molar-refractivity contribution >= 4 is 40.0 Å². The first-order valence-electron chi connectivity index (χ1n) is 5.06. The van der Waals surface area contributed by atoms with Gasteiger partial charge >= 0.3 is 5.97 Å². The Balaban J connectivity index is 2.52. The van der Waals surface area contributed by atoms with E-state index in [1.54, 1.807) is 18.2 Å². The molecule has 94 valence electrons. The number of carboxylic acid groups (broad SMARTS) is 1. The highest BCUT2D eigenvalue weighted by molar-refractivity contribution is 7.85. The zero-order valence-electron chi connectivity index (χ0n) is 8.99. The molecule has 6 heteroatoms. The van der Waals surface area contributed by atoms with Crippen molar-refractivity contribution in [1.29, 1.82) is 0 Å². The van der Waals surface area contributed by atoms with Gasteiger partial charge in [-0.15, -0.1) is 0 Å². The molecule has 0 radical (unpaired) electrons. The van der Waals surface area contributed by atoms with Gasteiger partial charge in [0.2, 0.25) is 0 Å². The topological polar surface area (TPSA) is 54.4 Å². The van der Waals surface area contributed by atoms with E-state index in [4.69, 9.17) is 28.3 Å². The van der Waals surface area contributed by atoms with Gasteiger partial charge < -0.3 is 5.11 Å². The fourth-order valence-electron chi connectivity index (χ4n) is 1.27. The van der Waals surface area contributed by atoms with Crippen LogP contribution in [0.4, 0.5) is 0 Å². The molecule has 1 aromatic rings. The Bertz CT molecular complexity index is 435. The molecule has 1 N–H and O–H groups in total. The molecule has 0 saturated heterocycles. The van der Waals surface area contributed by atoms with E-state index >= 15 is 0 Å². The minimum atomic E-state index is -1.23. The molecule has 3 nitrogen and oxygen atoms in total. The van der Waals surface area contributed by atoms with Gasteiger partial charge in [0.05, 0.1) is 20.7 Å². The third-order valence-electron chi connectivity index (χ3n) is 2.11. The van der Waals surface area contributed by atoms with E-state index in [0.29, 0.717) is 33.5 Å². The lowest BCUT2D eigenvalue weighted by atomic mass is 10.2. The number of aliphatic carboxylic acids is 1. The highest BCUT2D eigenvalue weighted by Gasteiger charge is 2.09. The Labute approximate surface area is 112 Å². The maximum atomic E-state index is 11.9. The van der Waals surface area contributed by atoms with Gasteiger partial charge in [-0.1, -0.05) is 23.2 Å². The van der Waals surface area contributed by atoms with Gasteiger partial charge in [-0.3, -0.25) is 9.00 Å². The molecule has 0 aliphatic carbocycles. The number of unbranched alkanes of at least 4 members (excludes halogenated alkanes) is 1. The van der Waals surface area contributed by atoms with Crippen molar-refractivity contribution in [3.8, 4) is 0 Å². The zero-order valence-corrected chi connectivity index (χ0v) is 11.3. The first kappa shape index (κ1) is 14.5. The van der Waals surface area contributed by atoms with Crippen LogP contribution in [0.15, 0.2) is 23.1 Å². The summed E-state index contributed by atoms with van der Waals surface area (Å²) in [6, 6.07) is 4.82. The lowest BCUT2D eigenvalue weighted by molar-refractivity contribution is -0.137. The molecular formula is C11H12Cl2O3S. The molecule has 0 aromatic heterocycles. The van der Waals surface area contributed by atoms with Crippen LogP contribution in [0.2, 0.25) is 10.0 Å². The maximum Gasteiger partial charge on any atom is 0.303 e. The van der Waals surface area contributed by atoms with Crippen molar-refractivity contribution in [2.24, 2.45) is 0 Å². The first-order chi connectivity index (χ1) is 8.00. The van der Waals surface area contributed by atoms with E-state index in [1.807, 2.05) is 0 Å². The molecule has 0 aliphatic rings. The summed E-state index contributed by atoms with van der Waals surface area (Å²) < 4.78 is 11.9. The summed E-state index contributed by atoms with van der Waals surface area (Å²) >= 11 is 11.7. The van der Waals surface area contributed by atoms with E-state index < -0.39 is 16.8 Å². The molecule has 0 saturated carbocycles. The molecule has 0 amide bonds. The molecule has 0 fully saturated rings. The van der Waals surface area contributed by atoms with Crippen LogP contribution in [-0.4, -0.2) is 21.0 Å². The normalized spacial score (nSPS) is 12.4. The molecule has 17 heavy (non-hydrogen) atoms. The minimum Gasteiger partial charge on any atom is -0.481 e. The third-order valence-corrected chi connectivity index (χ3v) is 4.27. The summed E-state index contributed by atoms with van der Waals surface area (Å²) in [7, 11) is -1.23. The van der Waals surface area contributed by atoms with Crippen LogP contribution in [-0.2, 0) is 15.6 Å². The number of hydrogen-bond donors (Lipinski definition) is 1. The van der Waals surface area contributed by atoms with Crippen molar-refractivity contribution < 1.29 is 14.1 Å². The van der Waals surface area contributed by atoms with Crippen molar-refractivity contribution in [3.05, 3.63) is 28.2 Å². The van der Waals surface area contributed by atoms with E-state index in [0.717, 1.165) is 0 Å². The lowest BCUT2D eigenvalue weighted by Gasteiger charge is -2.04. The van der Waals surface area contributed by atoms with Crippen molar-refractivity contribution in [3.63, 3.8) is 0 Å². The van der Waals surface area contributed by atoms with Gasteiger partial charge in [0.1, 0.15) is 0 Å². The van der Waals surface area contributed by atoms with Crippen molar-refractivity contribution in [2.75, 3.05) is 5.75 Å². The van der Waals surface area contributed by atoms with E-state index in [-0.39, 0.29) is 6.42 Å². The summed E-state index contributed by atoms with van der Waals surface area (Å²) in [5, 5.41) is 9.37. The van der Waals surface area contributed by atoms with Crippen LogP contribution < -0.4 is 0 Å². The molecule has 0 aliphatic heterocycles. The minimum absolute atomic E-state index is 0.0977. The largest absolute Gasteiger partial charge is 0.481 e. The monoisotopic (exact) mass is 294 g/mol. The van der Waals surface area contributed by atoms with Crippen LogP contribution in [0.1, 0.15) is 19.3 Å². The number of halogens is 2. The van der Waals surface area contributed by atoms with Crippen LogP contribution in [0, 0.1) is 0 Å². The fraction of sp³-hybridized carbons (Fsp3) is 0.364. The maximum absolute atomic E-state index is 11.9. The summed E-state index contributed by atoms with van der Waals surface area (Å²) in [4.78, 5) is 10.8. The molecule has 1 rings (SSSR count). The number of benzene rings is 1. The van der Waals surface area contributed by atoms with Gasteiger partial charge in [-0.2, -0.15) is 0 Å². The quantitative estimate of drug-likeness (QED) is 0.819. The highest BCUT2D eigenvalue weighted by atomic mass is 35.5. The number of hydrogen-bond acceptors (Lipinski definition) is 2. The fourth-order valence-corrected chi connectivity index (χ4v) is 3.11. The average molecular weight is 295 g/mol. The predicted octanol–water partition coefficient (Wildman–Crippen LogP) is 3.36. The lowest BCUT2D eigenvalue weighted by Crippen LogP contribution is -2.01. The Morgan fingerprint density at radius 1 is 1.29 bits per heavy atom. The molecule has 1 atom stereocenters. The second kappa shape index (κ2) is 6.99. The number of carboxylic acids is 1. The summed E-state index contributed by atoms with van der Waals surface area (Å²) in [5.41, 5.74) is 0. The Morgan fingerprint density at radius 3 is 2.65 bits per heavy atom. The molecule has 0 spiro atoms. The molecular weight excluding hydrogens is 283 g/mol. The van der Waals surface area contributed by atoms with Crippen LogP contribution >= 0.6 is 23.2 Å². The summed E-state index contributed by atoms with van der Waals surface area (Å²) in [5.74, 6) is -0.440. The van der Waals surface area contributed by atoms with Crippen LogP contribution in [0.3, 0.4) is 0 Å². The smallest absolute Gasteiger partial charge is 0.303 e. The van der Waals surface area contributed by atoms with Crippen LogP contribution in [0.5, 0.6) is 0 Å². The van der Waals surface area contributed by atoms with Gasteiger partial charge in [-0.25, -0.2) is 0 Å². The zero-order chi connectivity index (χ0) is 12.8. The Morgan fingerprint density at radius 2 is 2.00 bits per heavy atom. The third kappa shape index (κ3) is 5.06.